The molecule has 4 aromatic rings. The molecule has 0 aliphatic carbocycles. The summed E-state index contributed by atoms with van der Waals surface area (Å²) < 4.78 is 5.98. The van der Waals surface area contributed by atoms with Crippen molar-refractivity contribution in [3.8, 4) is 11.3 Å². The zero-order valence-corrected chi connectivity index (χ0v) is 20.8. The minimum absolute atomic E-state index is 0.00662. The number of amides is 1. The highest BCUT2D eigenvalue weighted by molar-refractivity contribution is 6.37. The lowest BCUT2D eigenvalue weighted by Crippen LogP contribution is -2.21. The van der Waals surface area contributed by atoms with Gasteiger partial charge in [-0.1, -0.05) is 81.4 Å². The highest BCUT2D eigenvalue weighted by atomic mass is 16.4. The number of aromatic carboxylic acids is 1. The number of hydrazone groups is 1. The van der Waals surface area contributed by atoms with Gasteiger partial charge in [-0.2, -0.15) is 10.1 Å². The van der Waals surface area contributed by atoms with Gasteiger partial charge in [0, 0.05) is 11.1 Å². The number of rotatable bonds is 5. The number of benzene rings is 3. The fourth-order valence-corrected chi connectivity index (χ4v) is 4.23. The lowest BCUT2D eigenvalue weighted by Gasteiger charge is -2.20. The second-order valence-electron chi connectivity index (χ2n) is 9.84. The number of hydrogen-bond donors (Lipinski definition) is 1. The van der Waals surface area contributed by atoms with Gasteiger partial charge in [-0.05, 0) is 47.4 Å². The van der Waals surface area contributed by atoms with Crippen LogP contribution in [0, 0.1) is 0 Å². The van der Waals surface area contributed by atoms with Crippen LogP contribution in [0.3, 0.4) is 0 Å². The fraction of sp³-hybridized carbons (Fsp3) is 0.129. The molecular weight excluding hydrogens is 464 g/mol. The molecule has 1 amide bonds. The third kappa shape index (κ3) is 4.74. The summed E-state index contributed by atoms with van der Waals surface area (Å²) in [5, 5.41) is 15.6. The smallest absolute Gasteiger partial charge is 0.336 e. The molecule has 37 heavy (non-hydrogen) atoms. The van der Waals surface area contributed by atoms with Gasteiger partial charge in [-0.15, -0.1) is 0 Å². The van der Waals surface area contributed by atoms with Crippen LogP contribution in [0.4, 0.5) is 5.69 Å². The van der Waals surface area contributed by atoms with E-state index in [1.165, 1.54) is 11.1 Å². The van der Waals surface area contributed by atoms with Crippen molar-refractivity contribution in [2.75, 3.05) is 5.01 Å². The molecule has 5 rings (SSSR count). The van der Waals surface area contributed by atoms with Gasteiger partial charge in [-0.25, -0.2) is 4.79 Å². The Morgan fingerprint density at radius 1 is 0.892 bits per heavy atom. The van der Waals surface area contributed by atoms with Crippen molar-refractivity contribution in [1.82, 2.24) is 0 Å². The first-order valence-corrected chi connectivity index (χ1v) is 12.0. The molecule has 1 aromatic heterocycles. The number of anilines is 1. The summed E-state index contributed by atoms with van der Waals surface area (Å²) >= 11 is 0. The number of hydrogen-bond acceptors (Lipinski definition) is 4. The van der Waals surface area contributed by atoms with Crippen LogP contribution in [-0.2, 0) is 10.2 Å². The lowest BCUT2D eigenvalue weighted by atomic mass is 9.87. The van der Waals surface area contributed by atoms with Crippen LogP contribution in [0.15, 0.2) is 106 Å². The topological polar surface area (TPSA) is 83.1 Å². The number of carboxylic acids is 1. The van der Waals surface area contributed by atoms with Gasteiger partial charge in [-0.3, -0.25) is 4.79 Å². The molecule has 6 heteroatoms. The van der Waals surface area contributed by atoms with Crippen LogP contribution in [0.2, 0.25) is 0 Å². The predicted octanol–water partition coefficient (Wildman–Crippen LogP) is 6.78. The first-order chi connectivity index (χ1) is 17.7. The van der Waals surface area contributed by atoms with Crippen LogP contribution < -0.4 is 5.01 Å². The molecule has 1 N–H and O–H groups in total. The third-order valence-corrected chi connectivity index (χ3v) is 6.24. The normalized spacial score (nSPS) is 14.8. The average molecular weight is 491 g/mol. The number of furan rings is 1. The van der Waals surface area contributed by atoms with E-state index >= 15 is 0 Å². The zero-order valence-electron chi connectivity index (χ0n) is 20.8. The maximum Gasteiger partial charge on any atom is 0.336 e. The summed E-state index contributed by atoms with van der Waals surface area (Å²) in [7, 11) is 0. The summed E-state index contributed by atoms with van der Waals surface area (Å²) in [6.45, 7) is 6.42. The van der Waals surface area contributed by atoms with Crippen LogP contribution >= 0.6 is 0 Å². The van der Waals surface area contributed by atoms with Crippen molar-refractivity contribution in [2.45, 2.75) is 26.2 Å². The zero-order chi connectivity index (χ0) is 26.2. The van der Waals surface area contributed by atoms with E-state index in [0.717, 1.165) is 11.1 Å². The molecule has 1 aliphatic heterocycles. The number of carbonyl (C=O) groups is 2. The van der Waals surface area contributed by atoms with Crippen molar-refractivity contribution in [2.24, 2.45) is 5.10 Å². The van der Waals surface area contributed by atoms with Gasteiger partial charge >= 0.3 is 5.97 Å². The Bertz CT molecular complexity index is 1540. The van der Waals surface area contributed by atoms with E-state index in [0.29, 0.717) is 34.1 Å². The SMILES string of the molecule is CC(C)(C)c1ccc(N2N=C(c3ccccc3)/C(=C/c3ccc(-c4ccccc4C(=O)O)o3)C2=O)cc1. The molecule has 0 atom stereocenters. The minimum atomic E-state index is -1.04. The largest absolute Gasteiger partial charge is 0.478 e. The van der Waals surface area contributed by atoms with E-state index in [4.69, 9.17) is 9.52 Å². The Hall–Kier alpha value is -4.71. The molecule has 0 radical (unpaired) electrons. The van der Waals surface area contributed by atoms with Gasteiger partial charge in [0.2, 0.25) is 0 Å². The first kappa shape index (κ1) is 24.0. The molecule has 0 spiro atoms. The third-order valence-electron chi connectivity index (χ3n) is 6.24. The van der Waals surface area contributed by atoms with Crippen molar-refractivity contribution in [3.63, 3.8) is 0 Å². The highest BCUT2D eigenvalue weighted by Gasteiger charge is 2.32. The fourth-order valence-electron chi connectivity index (χ4n) is 4.23. The van der Waals surface area contributed by atoms with E-state index in [1.54, 1.807) is 36.4 Å². The summed E-state index contributed by atoms with van der Waals surface area (Å²) in [5.41, 5.74) is 4.17. The summed E-state index contributed by atoms with van der Waals surface area (Å²) in [6, 6.07) is 27.4. The minimum Gasteiger partial charge on any atom is -0.478 e. The van der Waals surface area contributed by atoms with E-state index in [9.17, 15) is 14.7 Å². The second kappa shape index (κ2) is 9.39. The number of carbonyl (C=O) groups excluding carboxylic acids is 1. The molecule has 184 valence electrons. The van der Waals surface area contributed by atoms with E-state index < -0.39 is 5.97 Å². The number of carboxylic acid groups (broad SMARTS) is 1. The maximum atomic E-state index is 13.6. The predicted molar refractivity (Wildman–Crippen MR) is 145 cm³/mol. The summed E-state index contributed by atoms with van der Waals surface area (Å²) in [4.78, 5) is 25.3. The highest BCUT2D eigenvalue weighted by Crippen LogP contribution is 2.32. The van der Waals surface area contributed by atoms with Crippen molar-refractivity contribution in [3.05, 3.63) is 119 Å². The maximum absolute atomic E-state index is 13.6. The molecule has 0 bridgehead atoms. The van der Waals surface area contributed by atoms with Crippen molar-refractivity contribution >= 4 is 29.4 Å². The summed E-state index contributed by atoms with van der Waals surface area (Å²) in [5.74, 6) is -0.481. The van der Waals surface area contributed by atoms with Gasteiger partial charge in [0.25, 0.3) is 5.91 Å². The second-order valence-corrected chi connectivity index (χ2v) is 9.84. The van der Waals surface area contributed by atoms with Crippen LogP contribution in [0.25, 0.3) is 17.4 Å². The van der Waals surface area contributed by atoms with Crippen LogP contribution in [-0.4, -0.2) is 22.7 Å². The molecule has 2 heterocycles. The Morgan fingerprint density at radius 2 is 1.57 bits per heavy atom. The quantitative estimate of drug-likeness (QED) is 0.313. The Labute approximate surface area is 215 Å². The van der Waals surface area contributed by atoms with Crippen LogP contribution in [0.1, 0.15) is 48.0 Å². The molecule has 0 unspecified atom stereocenters. The van der Waals surface area contributed by atoms with Gasteiger partial charge in [0.1, 0.15) is 17.2 Å². The van der Waals surface area contributed by atoms with E-state index in [-0.39, 0.29) is 16.9 Å². The van der Waals surface area contributed by atoms with Gasteiger partial charge < -0.3 is 9.52 Å². The molecular formula is C31H26N2O4. The van der Waals surface area contributed by atoms with E-state index in [2.05, 4.69) is 20.8 Å². The average Bonchev–Trinajstić information content (AvgIpc) is 3.49. The monoisotopic (exact) mass is 490 g/mol. The van der Waals surface area contributed by atoms with E-state index in [1.807, 2.05) is 54.6 Å². The Kier molecular flexibility index (Phi) is 6.09. The van der Waals surface area contributed by atoms with Gasteiger partial charge in [0.15, 0.2) is 0 Å². The molecule has 1 aliphatic rings. The molecule has 0 saturated heterocycles. The Morgan fingerprint density at radius 3 is 2.24 bits per heavy atom. The Balaban J connectivity index is 1.54. The first-order valence-electron chi connectivity index (χ1n) is 12.0. The van der Waals surface area contributed by atoms with Crippen LogP contribution in [0.5, 0.6) is 0 Å². The van der Waals surface area contributed by atoms with Gasteiger partial charge in [0.05, 0.1) is 16.8 Å². The van der Waals surface area contributed by atoms with Crippen molar-refractivity contribution in [1.29, 1.82) is 0 Å². The standard InChI is InChI=1S/C31H26N2O4/c1-31(2,3)21-13-15-22(16-14-21)33-29(34)26(28(32-33)20-9-5-4-6-10-20)19-23-17-18-27(37-23)24-11-7-8-12-25(24)30(35)36/h4-19H,1-3H3,(H,35,36)/b26-19-. The lowest BCUT2D eigenvalue weighted by molar-refractivity contribution is -0.114. The molecule has 6 nitrogen and oxygen atoms in total. The molecule has 0 fully saturated rings. The summed E-state index contributed by atoms with van der Waals surface area (Å²) in [6.07, 6.45) is 1.66. The molecule has 3 aromatic carbocycles. The number of nitrogens with zero attached hydrogens (tertiary/aromatic N) is 2. The molecule has 0 saturated carbocycles. The van der Waals surface area contributed by atoms with Crippen molar-refractivity contribution < 1.29 is 19.1 Å².